The van der Waals surface area contributed by atoms with Crippen molar-refractivity contribution in [2.75, 3.05) is 26.7 Å². The van der Waals surface area contributed by atoms with E-state index in [0.29, 0.717) is 6.04 Å². The van der Waals surface area contributed by atoms with Crippen molar-refractivity contribution in [3.8, 4) is 0 Å². The molecule has 0 fully saturated rings. The summed E-state index contributed by atoms with van der Waals surface area (Å²) in [6, 6.07) is 9.33. The highest BCUT2D eigenvalue weighted by molar-refractivity contribution is 5.24. The van der Waals surface area contributed by atoms with Gasteiger partial charge in [0.25, 0.3) is 0 Å². The van der Waals surface area contributed by atoms with E-state index in [1.165, 1.54) is 30.5 Å². The molecule has 0 aliphatic carbocycles. The molecule has 0 bridgehead atoms. The van der Waals surface area contributed by atoms with Crippen LogP contribution in [-0.4, -0.2) is 31.6 Å². The zero-order chi connectivity index (χ0) is 15.0. The first-order chi connectivity index (χ1) is 9.64. The highest BCUT2D eigenvalue weighted by Gasteiger charge is 2.16. The van der Waals surface area contributed by atoms with E-state index in [-0.39, 0.29) is 0 Å². The summed E-state index contributed by atoms with van der Waals surface area (Å²) in [5, 5.41) is 3.47. The smallest absolute Gasteiger partial charge is 0.0446 e. The summed E-state index contributed by atoms with van der Waals surface area (Å²) in [5.74, 6) is 0.825. The summed E-state index contributed by atoms with van der Waals surface area (Å²) in [4.78, 5) is 2.58. The van der Waals surface area contributed by atoms with E-state index >= 15 is 0 Å². The predicted molar refractivity (Wildman–Crippen MR) is 89.2 cm³/mol. The molecule has 0 aliphatic rings. The number of rotatable bonds is 9. The average Bonchev–Trinajstić information content (AvgIpc) is 2.49. The Morgan fingerprint density at radius 2 is 1.60 bits per heavy atom. The normalized spacial score (nSPS) is 13.2. The number of benzene rings is 1. The minimum atomic E-state index is 0.421. The van der Waals surface area contributed by atoms with E-state index in [0.717, 1.165) is 19.0 Å². The molecule has 1 aromatic rings. The van der Waals surface area contributed by atoms with Gasteiger partial charge < -0.3 is 10.2 Å². The average molecular weight is 276 g/mol. The molecule has 0 radical (unpaired) electrons. The van der Waals surface area contributed by atoms with Crippen molar-refractivity contribution >= 4 is 0 Å². The molecule has 0 saturated heterocycles. The van der Waals surface area contributed by atoms with Gasteiger partial charge in [0.1, 0.15) is 0 Å². The van der Waals surface area contributed by atoms with Crippen molar-refractivity contribution in [2.24, 2.45) is 5.92 Å². The van der Waals surface area contributed by atoms with E-state index in [2.05, 4.69) is 69.2 Å². The number of aryl methyl sites for hydroxylation is 1. The largest absolute Gasteiger partial charge is 0.312 e. The van der Waals surface area contributed by atoms with Crippen molar-refractivity contribution in [3.63, 3.8) is 0 Å². The number of hydrogen-bond donors (Lipinski definition) is 1. The molecule has 0 amide bonds. The third-order valence-corrected chi connectivity index (χ3v) is 4.39. The van der Waals surface area contributed by atoms with Crippen LogP contribution in [0.5, 0.6) is 0 Å². The SMILES string of the molecule is CCC(CC)CN(CC)CC(NC)c1ccc(C)cc1. The number of hydrogen-bond acceptors (Lipinski definition) is 2. The second kappa shape index (κ2) is 9.15. The topological polar surface area (TPSA) is 15.3 Å². The van der Waals surface area contributed by atoms with Gasteiger partial charge in [0.15, 0.2) is 0 Å². The lowest BCUT2D eigenvalue weighted by molar-refractivity contribution is 0.213. The fourth-order valence-electron chi connectivity index (χ4n) is 2.67. The van der Waals surface area contributed by atoms with Crippen LogP contribution in [0, 0.1) is 12.8 Å². The maximum Gasteiger partial charge on any atom is 0.0446 e. The van der Waals surface area contributed by atoms with E-state index in [1.54, 1.807) is 0 Å². The van der Waals surface area contributed by atoms with Gasteiger partial charge in [-0.2, -0.15) is 0 Å². The van der Waals surface area contributed by atoms with Crippen LogP contribution in [-0.2, 0) is 0 Å². The summed E-state index contributed by atoms with van der Waals surface area (Å²) >= 11 is 0. The van der Waals surface area contributed by atoms with Crippen LogP contribution in [0.25, 0.3) is 0 Å². The first kappa shape index (κ1) is 17.2. The van der Waals surface area contributed by atoms with Crippen molar-refractivity contribution in [3.05, 3.63) is 35.4 Å². The van der Waals surface area contributed by atoms with E-state index in [1.807, 2.05) is 0 Å². The van der Waals surface area contributed by atoms with Crippen LogP contribution in [0.1, 0.15) is 50.8 Å². The lowest BCUT2D eigenvalue weighted by Crippen LogP contribution is -2.36. The molecule has 20 heavy (non-hydrogen) atoms. The fourth-order valence-corrected chi connectivity index (χ4v) is 2.67. The molecule has 0 spiro atoms. The maximum atomic E-state index is 3.47. The molecule has 1 rings (SSSR count). The zero-order valence-electron chi connectivity index (χ0n) is 13.9. The summed E-state index contributed by atoms with van der Waals surface area (Å²) in [7, 11) is 2.06. The second-order valence-corrected chi connectivity index (χ2v) is 5.79. The Morgan fingerprint density at radius 3 is 2.05 bits per heavy atom. The Morgan fingerprint density at radius 1 is 1.00 bits per heavy atom. The number of likely N-dealkylation sites (N-methyl/N-ethyl adjacent to an activating group) is 2. The molecule has 1 N–H and O–H groups in total. The molecule has 0 heterocycles. The molecule has 114 valence electrons. The summed E-state index contributed by atoms with van der Waals surface area (Å²) in [6.45, 7) is 12.4. The number of nitrogens with one attached hydrogen (secondary N) is 1. The van der Waals surface area contributed by atoms with Gasteiger partial charge in [0, 0.05) is 19.1 Å². The van der Waals surface area contributed by atoms with Gasteiger partial charge in [-0.3, -0.25) is 0 Å². The standard InChI is InChI=1S/C18H32N2/c1-6-16(7-2)13-20(8-3)14-18(19-5)17-11-9-15(4)10-12-17/h9-12,16,18-19H,6-8,13-14H2,1-5H3. The quantitative estimate of drug-likeness (QED) is 0.733. The van der Waals surface area contributed by atoms with Gasteiger partial charge in [-0.15, -0.1) is 0 Å². The van der Waals surface area contributed by atoms with Crippen molar-refractivity contribution < 1.29 is 0 Å². The van der Waals surface area contributed by atoms with Crippen LogP contribution in [0.15, 0.2) is 24.3 Å². The first-order valence-corrected chi connectivity index (χ1v) is 8.10. The highest BCUT2D eigenvalue weighted by Crippen LogP contribution is 2.17. The Bertz CT molecular complexity index is 354. The molecule has 2 heteroatoms. The molecule has 1 aromatic carbocycles. The van der Waals surface area contributed by atoms with Gasteiger partial charge in [-0.25, -0.2) is 0 Å². The van der Waals surface area contributed by atoms with Gasteiger partial charge in [0.2, 0.25) is 0 Å². The van der Waals surface area contributed by atoms with Crippen molar-refractivity contribution in [1.29, 1.82) is 0 Å². The molecule has 0 aliphatic heterocycles. The first-order valence-electron chi connectivity index (χ1n) is 8.10. The minimum absolute atomic E-state index is 0.421. The molecule has 1 unspecified atom stereocenters. The van der Waals surface area contributed by atoms with E-state index in [9.17, 15) is 0 Å². The maximum absolute atomic E-state index is 3.47. The van der Waals surface area contributed by atoms with Crippen LogP contribution >= 0.6 is 0 Å². The van der Waals surface area contributed by atoms with E-state index in [4.69, 9.17) is 0 Å². The van der Waals surface area contributed by atoms with Gasteiger partial charge in [0.05, 0.1) is 0 Å². The van der Waals surface area contributed by atoms with Gasteiger partial charge >= 0.3 is 0 Å². The van der Waals surface area contributed by atoms with E-state index < -0.39 is 0 Å². The zero-order valence-corrected chi connectivity index (χ0v) is 13.9. The molecular formula is C18H32N2. The lowest BCUT2D eigenvalue weighted by Gasteiger charge is -2.29. The van der Waals surface area contributed by atoms with Crippen molar-refractivity contribution in [2.45, 2.75) is 46.6 Å². The molecule has 1 atom stereocenters. The highest BCUT2D eigenvalue weighted by atomic mass is 15.1. The summed E-state index contributed by atoms with van der Waals surface area (Å²) in [5.41, 5.74) is 2.72. The monoisotopic (exact) mass is 276 g/mol. The number of nitrogens with zero attached hydrogens (tertiary/aromatic N) is 1. The van der Waals surface area contributed by atoms with Gasteiger partial charge in [-0.05, 0) is 32.0 Å². The fraction of sp³-hybridized carbons (Fsp3) is 0.667. The Kier molecular flexibility index (Phi) is 7.86. The third-order valence-electron chi connectivity index (χ3n) is 4.39. The summed E-state index contributed by atoms with van der Waals surface area (Å²) < 4.78 is 0. The van der Waals surface area contributed by atoms with Crippen LogP contribution in [0.4, 0.5) is 0 Å². The molecular weight excluding hydrogens is 244 g/mol. The Labute approximate surface area is 125 Å². The molecule has 0 saturated carbocycles. The lowest BCUT2D eigenvalue weighted by atomic mass is 10.0. The summed E-state index contributed by atoms with van der Waals surface area (Å²) in [6.07, 6.45) is 2.56. The predicted octanol–water partition coefficient (Wildman–Crippen LogP) is 4.01. The van der Waals surface area contributed by atoms with Gasteiger partial charge in [-0.1, -0.05) is 63.4 Å². The van der Waals surface area contributed by atoms with Crippen LogP contribution in [0.2, 0.25) is 0 Å². The molecule has 0 aromatic heterocycles. The van der Waals surface area contributed by atoms with Crippen molar-refractivity contribution in [1.82, 2.24) is 10.2 Å². The third kappa shape index (κ3) is 5.26. The Balaban J connectivity index is 2.67. The second-order valence-electron chi connectivity index (χ2n) is 5.79. The Hall–Kier alpha value is -0.860. The molecule has 2 nitrogen and oxygen atoms in total. The van der Waals surface area contributed by atoms with Crippen LogP contribution in [0.3, 0.4) is 0 Å². The van der Waals surface area contributed by atoms with Crippen LogP contribution < -0.4 is 5.32 Å². The minimum Gasteiger partial charge on any atom is -0.312 e.